The average Bonchev–Trinajstić information content (AvgIpc) is 2.30. The zero-order valence-corrected chi connectivity index (χ0v) is 8.95. The molecule has 1 saturated heterocycles. The number of carboxylic acid groups (broad SMARTS) is 1. The largest absolute Gasteiger partial charge is 1.00 e. The van der Waals surface area contributed by atoms with Crippen LogP contribution in [0.25, 0.3) is 0 Å². The summed E-state index contributed by atoms with van der Waals surface area (Å²) in [5, 5.41) is 10.3. The van der Waals surface area contributed by atoms with E-state index >= 15 is 0 Å². The smallest absolute Gasteiger partial charge is 0.549 e. The number of amides is 1. The third kappa shape index (κ3) is 2.09. The van der Waals surface area contributed by atoms with Gasteiger partial charge in [-0.05, 0) is 12.6 Å². The van der Waals surface area contributed by atoms with Crippen LogP contribution in [0.2, 0.25) is 0 Å². The molecule has 0 N–H and O–H groups in total. The molecule has 1 atom stereocenters. The minimum Gasteiger partial charge on any atom is -0.549 e. The number of nitrogens with zero attached hydrogens (tertiary/aromatic N) is 1. The van der Waals surface area contributed by atoms with Crippen LogP contribution in [-0.4, -0.2) is 23.3 Å². The number of rotatable bonds is 2. The molecule has 0 aromatic heterocycles. The number of likely N-dealkylation sites (tertiary alicyclic amines) is 1. The van der Waals surface area contributed by atoms with Gasteiger partial charge < -0.3 is 14.8 Å². The monoisotopic (exact) mass is 177 g/mol. The second-order valence-corrected chi connectivity index (χ2v) is 2.37. The standard InChI is InChI=1S/C7H9NO3.Na/c1-2-8-4-3-5(6(8)9)7(10)11;/h2,5H,1,3-4H2,(H,10,11);/q;+1/p-1. The first kappa shape index (κ1) is 11.7. The maximum atomic E-state index is 11.0. The quantitative estimate of drug-likeness (QED) is 0.317. The van der Waals surface area contributed by atoms with Crippen LogP contribution in [0.15, 0.2) is 12.8 Å². The first-order valence-electron chi connectivity index (χ1n) is 3.30. The van der Waals surface area contributed by atoms with E-state index in [0.29, 0.717) is 13.0 Å². The Labute approximate surface area is 92.5 Å². The van der Waals surface area contributed by atoms with Gasteiger partial charge >= 0.3 is 29.6 Å². The van der Waals surface area contributed by atoms with Crippen molar-refractivity contribution in [1.82, 2.24) is 4.90 Å². The van der Waals surface area contributed by atoms with Gasteiger partial charge in [0.15, 0.2) is 0 Å². The molecule has 1 aliphatic rings. The van der Waals surface area contributed by atoms with Crippen molar-refractivity contribution in [1.29, 1.82) is 0 Å². The summed E-state index contributed by atoms with van der Waals surface area (Å²) in [4.78, 5) is 22.6. The number of carbonyl (C=O) groups excluding carboxylic acids is 2. The van der Waals surface area contributed by atoms with Gasteiger partial charge in [0.25, 0.3) is 0 Å². The van der Waals surface area contributed by atoms with E-state index in [1.165, 1.54) is 11.1 Å². The van der Waals surface area contributed by atoms with Crippen LogP contribution >= 0.6 is 0 Å². The van der Waals surface area contributed by atoms with E-state index in [-0.39, 0.29) is 29.6 Å². The molecule has 12 heavy (non-hydrogen) atoms. The van der Waals surface area contributed by atoms with E-state index in [1.54, 1.807) is 0 Å². The zero-order valence-electron chi connectivity index (χ0n) is 6.95. The Morgan fingerprint density at radius 1 is 1.75 bits per heavy atom. The molecular weight excluding hydrogens is 169 g/mol. The molecule has 1 heterocycles. The molecule has 1 rings (SSSR count). The van der Waals surface area contributed by atoms with Crippen LogP contribution in [0.4, 0.5) is 0 Å². The Morgan fingerprint density at radius 2 is 2.33 bits per heavy atom. The number of aliphatic carboxylic acids is 1. The molecule has 0 aromatic rings. The van der Waals surface area contributed by atoms with Crippen LogP contribution in [0, 0.1) is 5.92 Å². The van der Waals surface area contributed by atoms with E-state index in [9.17, 15) is 14.7 Å². The second-order valence-electron chi connectivity index (χ2n) is 2.37. The summed E-state index contributed by atoms with van der Waals surface area (Å²) in [5.74, 6) is -2.67. The Kier molecular flexibility index (Phi) is 4.52. The van der Waals surface area contributed by atoms with Crippen molar-refractivity contribution in [3.63, 3.8) is 0 Å². The third-order valence-electron chi connectivity index (χ3n) is 1.74. The topological polar surface area (TPSA) is 60.4 Å². The summed E-state index contributed by atoms with van der Waals surface area (Å²) in [5.41, 5.74) is 0. The van der Waals surface area contributed by atoms with Crippen molar-refractivity contribution in [3.8, 4) is 0 Å². The Balaban J connectivity index is 0.00000121. The van der Waals surface area contributed by atoms with Crippen molar-refractivity contribution >= 4 is 11.9 Å². The Hall–Kier alpha value is -0.320. The van der Waals surface area contributed by atoms with Crippen molar-refractivity contribution in [2.75, 3.05) is 6.54 Å². The maximum Gasteiger partial charge on any atom is 1.00 e. The third-order valence-corrected chi connectivity index (χ3v) is 1.74. The maximum absolute atomic E-state index is 11.0. The van der Waals surface area contributed by atoms with Gasteiger partial charge in [-0.2, -0.15) is 0 Å². The minimum absolute atomic E-state index is 0. The van der Waals surface area contributed by atoms with Crippen LogP contribution in [0.5, 0.6) is 0 Å². The molecule has 1 unspecified atom stereocenters. The van der Waals surface area contributed by atoms with E-state index in [4.69, 9.17) is 0 Å². The molecule has 0 radical (unpaired) electrons. The summed E-state index contributed by atoms with van der Waals surface area (Å²) < 4.78 is 0. The summed E-state index contributed by atoms with van der Waals surface area (Å²) in [7, 11) is 0. The summed E-state index contributed by atoms with van der Waals surface area (Å²) in [6, 6.07) is 0. The SMILES string of the molecule is C=CN1CCC(C(=O)[O-])C1=O.[Na+]. The van der Waals surface area contributed by atoms with Crippen LogP contribution in [0.3, 0.4) is 0 Å². The summed E-state index contributed by atoms with van der Waals surface area (Å²) >= 11 is 0. The predicted molar refractivity (Wildman–Crippen MR) is 35.0 cm³/mol. The average molecular weight is 177 g/mol. The van der Waals surface area contributed by atoms with Gasteiger partial charge in [0.2, 0.25) is 5.91 Å². The van der Waals surface area contributed by atoms with E-state index in [1.807, 2.05) is 0 Å². The van der Waals surface area contributed by atoms with Crippen molar-refractivity contribution < 1.29 is 44.3 Å². The normalized spacial score (nSPS) is 21.8. The number of carbonyl (C=O) groups is 2. The minimum atomic E-state index is -1.29. The molecule has 0 bridgehead atoms. The van der Waals surface area contributed by atoms with Crippen molar-refractivity contribution in [2.45, 2.75) is 6.42 Å². The second kappa shape index (κ2) is 4.64. The number of hydrogen-bond acceptors (Lipinski definition) is 3. The number of carboxylic acids is 1. The van der Waals surface area contributed by atoms with Crippen molar-refractivity contribution in [3.05, 3.63) is 12.8 Å². The van der Waals surface area contributed by atoms with Crippen molar-refractivity contribution in [2.24, 2.45) is 5.92 Å². The molecule has 0 saturated carbocycles. The van der Waals surface area contributed by atoms with Gasteiger partial charge in [0, 0.05) is 6.54 Å². The van der Waals surface area contributed by atoms with Gasteiger partial charge in [-0.15, -0.1) is 0 Å². The predicted octanol–water partition coefficient (Wildman–Crippen LogP) is -4.27. The van der Waals surface area contributed by atoms with Gasteiger partial charge in [0.1, 0.15) is 0 Å². The molecular formula is C7H8NNaO3. The fourth-order valence-electron chi connectivity index (χ4n) is 1.10. The van der Waals surface area contributed by atoms with Gasteiger partial charge in [-0.1, -0.05) is 6.58 Å². The van der Waals surface area contributed by atoms with E-state index in [2.05, 4.69) is 6.58 Å². The van der Waals surface area contributed by atoms with Gasteiger partial charge in [0.05, 0.1) is 11.9 Å². The molecule has 1 fully saturated rings. The van der Waals surface area contributed by atoms with Crippen LogP contribution in [-0.2, 0) is 9.59 Å². The van der Waals surface area contributed by atoms with E-state index < -0.39 is 17.8 Å². The molecule has 1 amide bonds. The molecule has 4 nitrogen and oxygen atoms in total. The summed E-state index contributed by atoms with van der Waals surface area (Å²) in [6.45, 7) is 3.81. The van der Waals surface area contributed by atoms with Gasteiger partial charge in [-0.3, -0.25) is 4.79 Å². The van der Waals surface area contributed by atoms with Crippen LogP contribution < -0.4 is 34.7 Å². The molecule has 0 aliphatic carbocycles. The summed E-state index contributed by atoms with van der Waals surface area (Å²) in [6.07, 6.45) is 1.67. The fraction of sp³-hybridized carbons (Fsp3) is 0.429. The Bertz CT molecular complexity index is 217. The molecule has 1 aliphatic heterocycles. The van der Waals surface area contributed by atoms with Crippen LogP contribution in [0.1, 0.15) is 6.42 Å². The molecule has 5 heteroatoms. The zero-order chi connectivity index (χ0) is 8.43. The molecule has 0 spiro atoms. The number of hydrogen-bond donors (Lipinski definition) is 0. The first-order chi connectivity index (χ1) is 5.16. The fourth-order valence-corrected chi connectivity index (χ4v) is 1.10. The molecule has 0 aromatic carbocycles. The molecule has 60 valence electrons. The van der Waals surface area contributed by atoms with Gasteiger partial charge in [-0.25, -0.2) is 0 Å². The Morgan fingerprint density at radius 3 is 2.58 bits per heavy atom. The first-order valence-corrected chi connectivity index (χ1v) is 3.30. The van der Waals surface area contributed by atoms with E-state index in [0.717, 1.165) is 0 Å².